The molecule has 98 valence electrons. The third-order valence-electron chi connectivity index (χ3n) is 2.77. The van der Waals surface area contributed by atoms with Gasteiger partial charge in [0.15, 0.2) is 8.45 Å². The summed E-state index contributed by atoms with van der Waals surface area (Å²) in [7, 11) is -0.667. The van der Waals surface area contributed by atoms with Crippen molar-refractivity contribution in [3.63, 3.8) is 0 Å². The molecule has 2 aliphatic heterocycles. The van der Waals surface area contributed by atoms with Gasteiger partial charge in [0.05, 0.1) is 33.0 Å². The minimum Gasteiger partial charge on any atom is -0.379 e. The van der Waals surface area contributed by atoms with Gasteiger partial charge in [0, 0.05) is 26.2 Å². The Balaban J connectivity index is 1.92. The van der Waals surface area contributed by atoms with E-state index in [1.54, 1.807) is 0 Å². The van der Waals surface area contributed by atoms with Gasteiger partial charge in [-0.05, 0) is 0 Å². The van der Waals surface area contributed by atoms with Gasteiger partial charge >= 0.3 is 0 Å². The standard InChI is InChI=1S/C11H21N2O3P/c1-2-7-16-17(12-3-8-14-9-4-12)13-5-10-15-11-6-13/h2H,1,3-11H2. The zero-order valence-electron chi connectivity index (χ0n) is 10.2. The SMILES string of the molecule is C=CCOP(N1CCOCC1)N1CCOCC1. The first kappa shape index (κ1) is 13.4. The summed E-state index contributed by atoms with van der Waals surface area (Å²) in [6.45, 7) is 11.4. The van der Waals surface area contributed by atoms with E-state index in [0.29, 0.717) is 6.61 Å². The highest BCUT2D eigenvalue weighted by atomic mass is 31.2. The van der Waals surface area contributed by atoms with Crippen molar-refractivity contribution >= 4 is 8.45 Å². The van der Waals surface area contributed by atoms with Crippen LogP contribution in [-0.4, -0.2) is 68.6 Å². The van der Waals surface area contributed by atoms with E-state index in [9.17, 15) is 0 Å². The molecule has 0 aromatic rings. The number of ether oxygens (including phenoxy) is 2. The largest absolute Gasteiger partial charge is 0.379 e. The Morgan fingerprint density at radius 3 is 1.88 bits per heavy atom. The smallest absolute Gasteiger partial charge is 0.188 e. The summed E-state index contributed by atoms with van der Waals surface area (Å²) in [5.74, 6) is 0. The van der Waals surface area contributed by atoms with Gasteiger partial charge in [-0.2, -0.15) is 0 Å². The molecule has 0 amide bonds. The van der Waals surface area contributed by atoms with Crippen LogP contribution in [0.1, 0.15) is 0 Å². The fraction of sp³-hybridized carbons (Fsp3) is 0.818. The zero-order chi connectivity index (χ0) is 11.9. The van der Waals surface area contributed by atoms with E-state index in [1.165, 1.54) is 0 Å². The molecule has 0 spiro atoms. The zero-order valence-corrected chi connectivity index (χ0v) is 11.1. The molecule has 2 rings (SSSR count). The van der Waals surface area contributed by atoms with Crippen LogP contribution in [0.15, 0.2) is 12.7 Å². The predicted octanol–water partition coefficient (Wildman–Crippen LogP) is 1.08. The molecule has 2 heterocycles. The highest BCUT2D eigenvalue weighted by Gasteiger charge is 2.29. The highest BCUT2D eigenvalue weighted by molar-refractivity contribution is 7.47. The molecule has 6 heteroatoms. The Morgan fingerprint density at radius 2 is 1.47 bits per heavy atom. The van der Waals surface area contributed by atoms with Crippen LogP contribution in [0.4, 0.5) is 0 Å². The molecule has 2 saturated heterocycles. The normalized spacial score (nSPS) is 24.1. The maximum absolute atomic E-state index is 5.96. The second kappa shape index (κ2) is 7.41. The average molecular weight is 260 g/mol. The van der Waals surface area contributed by atoms with Crippen molar-refractivity contribution in [2.75, 3.05) is 59.2 Å². The van der Waals surface area contributed by atoms with Crippen molar-refractivity contribution in [1.82, 2.24) is 9.34 Å². The molecule has 0 radical (unpaired) electrons. The van der Waals surface area contributed by atoms with Gasteiger partial charge in [0.2, 0.25) is 0 Å². The molecule has 0 bridgehead atoms. The van der Waals surface area contributed by atoms with Crippen LogP contribution in [0, 0.1) is 0 Å². The Labute approximate surface area is 104 Å². The molecular formula is C11H21N2O3P. The monoisotopic (exact) mass is 260 g/mol. The third kappa shape index (κ3) is 3.98. The van der Waals surface area contributed by atoms with Crippen LogP contribution in [0.25, 0.3) is 0 Å². The molecule has 0 unspecified atom stereocenters. The summed E-state index contributed by atoms with van der Waals surface area (Å²) in [5, 5.41) is 0. The lowest BCUT2D eigenvalue weighted by Crippen LogP contribution is -2.41. The number of morpholine rings is 2. The van der Waals surface area contributed by atoms with Gasteiger partial charge in [-0.15, -0.1) is 6.58 Å². The summed E-state index contributed by atoms with van der Waals surface area (Å²) in [6, 6.07) is 0. The summed E-state index contributed by atoms with van der Waals surface area (Å²) < 4.78 is 21.5. The van der Waals surface area contributed by atoms with Crippen LogP contribution >= 0.6 is 8.45 Å². The summed E-state index contributed by atoms with van der Waals surface area (Å²) in [4.78, 5) is 0. The van der Waals surface area contributed by atoms with Crippen LogP contribution < -0.4 is 0 Å². The molecule has 2 aliphatic rings. The molecule has 0 atom stereocenters. The van der Waals surface area contributed by atoms with Crippen molar-refractivity contribution in [1.29, 1.82) is 0 Å². The molecule has 0 saturated carbocycles. The lowest BCUT2D eigenvalue weighted by Gasteiger charge is -2.40. The van der Waals surface area contributed by atoms with Crippen LogP contribution in [0.3, 0.4) is 0 Å². The van der Waals surface area contributed by atoms with Gasteiger partial charge < -0.3 is 14.0 Å². The van der Waals surface area contributed by atoms with E-state index in [1.807, 2.05) is 6.08 Å². The lowest BCUT2D eigenvalue weighted by molar-refractivity contribution is 0.0488. The maximum atomic E-state index is 5.96. The first-order chi connectivity index (χ1) is 8.42. The lowest BCUT2D eigenvalue weighted by atomic mass is 10.5. The second-order valence-electron chi connectivity index (χ2n) is 3.97. The topological polar surface area (TPSA) is 34.2 Å². The van der Waals surface area contributed by atoms with Crippen LogP contribution in [0.5, 0.6) is 0 Å². The van der Waals surface area contributed by atoms with Crippen molar-refractivity contribution in [3.8, 4) is 0 Å². The van der Waals surface area contributed by atoms with Gasteiger partial charge in [-0.3, -0.25) is 0 Å². The van der Waals surface area contributed by atoms with Crippen molar-refractivity contribution in [2.24, 2.45) is 0 Å². The average Bonchev–Trinajstić information content (AvgIpc) is 2.42. The number of hydrogen-bond donors (Lipinski definition) is 0. The summed E-state index contributed by atoms with van der Waals surface area (Å²) >= 11 is 0. The molecule has 0 aromatic carbocycles. The van der Waals surface area contributed by atoms with Gasteiger partial charge in [0.1, 0.15) is 0 Å². The molecule has 2 fully saturated rings. The van der Waals surface area contributed by atoms with Crippen LogP contribution in [0.2, 0.25) is 0 Å². The van der Waals surface area contributed by atoms with Crippen molar-refractivity contribution in [3.05, 3.63) is 12.7 Å². The highest BCUT2D eigenvalue weighted by Crippen LogP contribution is 2.45. The number of nitrogens with zero attached hydrogens (tertiary/aromatic N) is 2. The molecule has 0 N–H and O–H groups in total. The van der Waals surface area contributed by atoms with Gasteiger partial charge in [-0.25, -0.2) is 9.34 Å². The fourth-order valence-corrected chi connectivity index (χ4v) is 3.85. The minimum absolute atomic E-state index is 0.612. The summed E-state index contributed by atoms with van der Waals surface area (Å²) in [6.07, 6.45) is 1.82. The fourth-order valence-electron chi connectivity index (χ4n) is 1.91. The molecule has 0 aromatic heterocycles. The van der Waals surface area contributed by atoms with Crippen LogP contribution in [-0.2, 0) is 14.0 Å². The molecule has 17 heavy (non-hydrogen) atoms. The first-order valence-electron chi connectivity index (χ1n) is 6.11. The molecule has 5 nitrogen and oxygen atoms in total. The Morgan fingerprint density at radius 1 is 1.00 bits per heavy atom. The molecule has 0 aliphatic carbocycles. The van der Waals surface area contributed by atoms with Crippen molar-refractivity contribution in [2.45, 2.75) is 0 Å². The number of rotatable bonds is 5. The Kier molecular flexibility index (Phi) is 5.85. The first-order valence-corrected chi connectivity index (χ1v) is 7.27. The van der Waals surface area contributed by atoms with E-state index in [-0.39, 0.29) is 0 Å². The predicted molar refractivity (Wildman–Crippen MR) is 67.9 cm³/mol. The maximum Gasteiger partial charge on any atom is 0.188 e. The van der Waals surface area contributed by atoms with E-state index in [4.69, 9.17) is 14.0 Å². The van der Waals surface area contributed by atoms with E-state index >= 15 is 0 Å². The van der Waals surface area contributed by atoms with E-state index in [2.05, 4.69) is 15.9 Å². The van der Waals surface area contributed by atoms with Gasteiger partial charge in [0.25, 0.3) is 0 Å². The Bertz CT molecular complexity index is 213. The quantitative estimate of drug-likeness (QED) is 0.546. The Hall–Kier alpha value is -0.0300. The number of hydrogen-bond acceptors (Lipinski definition) is 5. The van der Waals surface area contributed by atoms with Crippen molar-refractivity contribution < 1.29 is 14.0 Å². The van der Waals surface area contributed by atoms with E-state index < -0.39 is 8.45 Å². The van der Waals surface area contributed by atoms with Gasteiger partial charge in [-0.1, -0.05) is 6.08 Å². The second-order valence-corrected chi connectivity index (χ2v) is 5.86. The molecular weight excluding hydrogens is 239 g/mol. The minimum atomic E-state index is -0.667. The van der Waals surface area contributed by atoms with E-state index in [0.717, 1.165) is 52.6 Å². The summed E-state index contributed by atoms with van der Waals surface area (Å²) in [5.41, 5.74) is 0. The third-order valence-corrected chi connectivity index (χ3v) is 4.91.